The van der Waals surface area contributed by atoms with Crippen LogP contribution in [0, 0.1) is 5.92 Å². The van der Waals surface area contributed by atoms with Crippen molar-refractivity contribution in [2.24, 2.45) is 5.92 Å². The van der Waals surface area contributed by atoms with Gasteiger partial charge in [0.2, 0.25) is 0 Å². The number of hydrogen-bond acceptors (Lipinski definition) is 3. The van der Waals surface area contributed by atoms with Crippen LogP contribution in [0.2, 0.25) is 0 Å². The highest BCUT2D eigenvalue weighted by molar-refractivity contribution is 5.81. The van der Waals surface area contributed by atoms with Crippen molar-refractivity contribution >= 4 is 5.97 Å². The van der Waals surface area contributed by atoms with Crippen LogP contribution in [0.15, 0.2) is 12.2 Å². The molecule has 0 amide bonds. The summed E-state index contributed by atoms with van der Waals surface area (Å²) in [5, 5.41) is 0. The van der Waals surface area contributed by atoms with Gasteiger partial charge in [-0.15, -0.1) is 0 Å². The van der Waals surface area contributed by atoms with Crippen LogP contribution in [-0.2, 0) is 14.3 Å². The fourth-order valence-electron chi connectivity index (χ4n) is 1.32. The van der Waals surface area contributed by atoms with E-state index in [-0.39, 0.29) is 5.97 Å². The molecular formula is C10H16O3. The molecule has 1 heterocycles. The van der Waals surface area contributed by atoms with Gasteiger partial charge >= 0.3 is 5.97 Å². The van der Waals surface area contributed by atoms with Crippen LogP contribution in [0.4, 0.5) is 0 Å². The van der Waals surface area contributed by atoms with Crippen molar-refractivity contribution in [1.82, 2.24) is 0 Å². The molecule has 0 aliphatic carbocycles. The van der Waals surface area contributed by atoms with Gasteiger partial charge in [-0.05, 0) is 19.8 Å². The maximum Gasteiger partial charge on any atom is 0.330 e. The Morgan fingerprint density at radius 2 is 2.54 bits per heavy atom. The summed E-state index contributed by atoms with van der Waals surface area (Å²) in [5.74, 6) is 0.131. The average Bonchev–Trinajstić information content (AvgIpc) is 2.17. The fraction of sp³-hybridized carbons (Fsp3) is 0.700. The van der Waals surface area contributed by atoms with E-state index in [1.807, 2.05) is 6.08 Å². The Kier molecular flexibility index (Phi) is 4.54. The van der Waals surface area contributed by atoms with E-state index in [2.05, 4.69) is 0 Å². The minimum Gasteiger partial charge on any atom is -0.463 e. The van der Waals surface area contributed by atoms with Crippen molar-refractivity contribution < 1.29 is 14.3 Å². The van der Waals surface area contributed by atoms with Gasteiger partial charge in [0.05, 0.1) is 13.2 Å². The summed E-state index contributed by atoms with van der Waals surface area (Å²) in [6.45, 7) is 3.82. The largest absolute Gasteiger partial charge is 0.463 e. The molecule has 0 aromatic rings. The van der Waals surface area contributed by atoms with E-state index in [0.29, 0.717) is 12.5 Å². The molecule has 1 rings (SSSR count). The molecule has 1 unspecified atom stereocenters. The molecule has 0 bridgehead atoms. The Balaban J connectivity index is 2.24. The first-order chi connectivity index (χ1) is 6.33. The molecule has 1 fully saturated rings. The summed E-state index contributed by atoms with van der Waals surface area (Å²) in [5.41, 5.74) is 0. The maximum absolute atomic E-state index is 10.9. The van der Waals surface area contributed by atoms with E-state index in [4.69, 9.17) is 9.47 Å². The zero-order valence-corrected chi connectivity index (χ0v) is 7.99. The Bertz CT molecular complexity index is 181. The highest BCUT2D eigenvalue weighted by Crippen LogP contribution is 2.14. The number of carbonyl (C=O) groups excluding carboxylic acids is 1. The maximum atomic E-state index is 10.9. The Morgan fingerprint density at radius 1 is 1.69 bits per heavy atom. The third-order valence-corrected chi connectivity index (χ3v) is 1.99. The summed E-state index contributed by atoms with van der Waals surface area (Å²) in [4.78, 5) is 10.9. The van der Waals surface area contributed by atoms with Gasteiger partial charge in [-0.25, -0.2) is 4.79 Å². The number of esters is 1. The summed E-state index contributed by atoms with van der Waals surface area (Å²) >= 11 is 0. The van der Waals surface area contributed by atoms with Gasteiger partial charge in [0.25, 0.3) is 0 Å². The average molecular weight is 184 g/mol. The monoisotopic (exact) mass is 184 g/mol. The smallest absolute Gasteiger partial charge is 0.330 e. The van der Waals surface area contributed by atoms with Crippen LogP contribution in [0.3, 0.4) is 0 Å². The molecule has 0 N–H and O–H groups in total. The van der Waals surface area contributed by atoms with Crippen LogP contribution < -0.4 is 0 Å². The van der Waals surface area contributed by atoms with Crippen LogP contribution in [0.5, 0.6) is 0 Å². The zero-order chi connectivity index (χ0) is 9.52. The first-order valence-corrected chi connectivity index (χ1v) is 4.75. The van der Waals surface area contributed by atoms with Crippen molar-refractivity contribution in [3.05, 3.63) is 12.2 Å². The lowest BCUT2D eigenvalue weighted by Crippen LogP contribution is -2.15. The second kappa shape index (κ2) is 5.75. The van der Waals surface area contributed by atoms with Gasteiger partial charge in [0, 0.05) is 18.6 Å². The number of rotatable bonds is 3. The fourth-order valence-corrected chi connectivity index (χ4v) is 1.32. The highest BCUT2D eigenvalue weighted by Gasteiger charge is 2.10. The molecule has 13 heavy (non-hydrogen) atoms. The molecule has 0 spiro atoms. The normalized spacial score (nSPS) is 23.3. The summed E-state index contributed by atoms with van der Waals surface area (Å²) in [6.07, 6.45) is 5.58. The lowest BCUT2D eigenvalue weighted by molar-refractivity contribution is -0.137. The molecule has 0 saturated carbocycles. The summed E-state index contributed by atoms with van der Waals surface area (Å²) in [7, 11) is 0. The van der Waals surface area contributed by atoms with Crippen molar-refractivity contribution in [3.63, 3.8) is 0 Å². The number of hydrogen-bond donors (Lipinski definition) is 0. The molecule has 0 radical (unpaired) electrons. The van der Waals surface area contributed by atoms with Crippen molar-refractivity contribution in [2.75, 3.05) is 19.8 Å². The minimum absolute atomic E-state index is 0.256. The summed E-state index contributed by atoms with van der Waals surface area (Å²) < 4.78 is 10.0. The first-order valence-electron chi connectivity index (χ1n) is 4.75. The highest BCUT2D eigenvalue weighted by atomic mass is 16.5. The van der Waals surface area contributed by atoms with Gasteiger partial charge in [-0.2, -0.15) is 0 Å². The van der Waals surface area contributed by atoms with Gasteiger partial charge in [-0.1, -0.05) is 6.08 Å². The van der Waals surface area contributed by atoms with E-state index >= 15 is 0 Å². The molecule has 1 aliphatic rings. The topological polar surface area (TPSA) is 35.5 Å². The Labute approximate surface area is 78.7 Å². The van der Waals surface area contributed by atoms with E-state index < -0.39 is 0 Å². The predicted molar refractivity (Wildman–Crippen MR) is 49.3 cm³/mol. The van der Waals surface area contributed by atoms with Crippen LogP contribution in [0.25, 0.3) is 0 Å². The van der Waals surface area contributed by atoms with Gasteiger partial charge < -0.3 is 9.47 Å². The molecule has 3 nitrogen and oxygen atoms in total. The van der Waals surface area contributed by atoms with E-state index in [1.165, 1.54) is 6.08 Å². The zero-order valence-electron chi connectivity index (χ0n) is 7.99. The standard InChI is InChI=1S/C10H16O3/c1-2-13-10(11)6-5-9-4-3-7-12-8-9/h5-6,9H,2-4,7-8H2,1H3/b6-5+. The van der Waals surface area contributed by atoms with Crippen LogP contribution in [-0.4, -0.2) is 25.8 Å². The Morgan fingerprint density at radius 3 is 3.15 bits per heavy atom. The van der Waals surface area contributed by atoms with Gasteiger partial charge in [0.15, 0.2) is 0 Å². The third kappa shape index (κ3) is 4.08. The predicted octanol–water partition coefficient (Wildman–Crippen LogP) is 1.53. The molecule has 1 atom stereocenters. The minimum atomic E-state index is -0.256. The van der Waals surface area contributed by atoms with Gasteiger partial charge in [0.1, 0.15) is 0 Å². The molecule has 0 aromatic heterocycles. The SMILES string of the molecule is CCOC(=O)/C=C/C1CCCOC1. The number of ether oxygens (including phenoxy) is 2. The molecule has 1 aliphatic heterocycles. The molecular weight excluding hydrogens is 168 g/mol. The van der Waals surface area contributed by atoms with Crippen molar-refractivity contribution in [3.8, 4) is 0 Å². The van der Waals surface area contributed by atoms with E-state index in [1.54, 1.807) is 6.92 Å². The molecule has 0 aromatic carbocycles. The number of carbonyl (C=O) groups is 1. The van der Waals surface area contributed by atoms with E-state index in [0.717, 1.165) is 26.1 Å². The van der Waals surface area contributed by atoms with Crippen molar-refractivity contribution in [1.29, 1.82) is 0 Å². The van der Waals surface area contributed by atoms with Gasteiger partial charge in [-0.3, -0.25) is 0 Å². The second-order valence-electron chi connectivity index (χ2n) is 3.09. The Hall–Kier alpha value is -0.830. The summed E-state index contributed by atoms with van der Waals surface area (Å²) in [6, 6.07) is 0. The van der Waals surface area contributed by atoms with Crippen LogP contribution in [0.1, 0.15) is 19.8 Å². The quantitative estimate of drug-likeness (QED) is 0.493. The van der Waals surface area contributed by atoms with Crippen LogP contribution >= 0.6 is 0 Å². The lowest BCUT2D eigenvalue weighted by Gasteiger charge is -2.18. The lowest BCUT2D eigenvalue weighted by atomic mass is 10.0. The molecule has 74 valence electrons. The van der Waals surface area contributed by atoms with Crippen molar-refractivity contribution in [2.45, 2.75) is 19.8 Å². The molecule has 3 heteroatoms. The first kappa shape index (κ1) is 10.3. The van der Waals surface area contributed by atoms with E-state index in [9.17, 15) is 4.79 Å². The molecule has 1 saturated heterocycles. The third-order valence-electron chi connectivity index (χ3n) is 1.99. The second-order valence-corrected chi connectivity index (χ2v) is 3.09.